The molecule has 0 saturated heterocycles. The first-order chi connectivity index (χ1) is 20.3. The number of rotatable bonds is 16. The number of amides is 2. The summed E-state index contributed by atoms with van der Waals surface area (Å²) >= 11 is 0. The molecule has 0 fully saturated rings. The van der Waals surface area contributed by atoms with E-state index in [4.69, 9.17) is 4.74 Å². The minimum atomic E-state index is -0.888. The molecule has 0 heterocycles. The Hall–Kier alpha value is -3.72. The van der Waals surface area contributed by atoms with E-state index in [2.05, 4.69) is 10.6 Å². The van der Waals surface area contributed by atoms with E-state index in [0.29, 0.717) is 43.6 Å². The van der Waals surface area contributed by atoms with Gasteiger partial charge in [0, 0.05) is 37.3 Å². The molecule has 2 amide bonds. The van der Waals surface area contributed by atoms with Gasteiger partial charge in [-0.2, -0.15) is 0 Å². The van der Waals surface area contributed by atoms with Gasteiger partial charge in [0.15, 0.2) is 0 Å². The van der Waals surface area contributed by atoms with Gasteiger partial charge in [-0.05, 0) is 78.8 Å². The van der Waals surface area contributed by atoms with E-state index in [-0.39, 0.29) is 25.0 Å². The molecule has 8 nitrogen and oxygen atoms in total. The zero-order valence-corrected chi connectivity index (χ0v) is 25.2. The van der Waals surface area contributed by atoms with Gasteiger partial charge in [-0.3, -0.25) is 9.59 Å². The number of aryl methyl sites for hydroxylation is 1. The van der Waals surface area contributed by atoms with E-state index in [1.807, 2.05) is 69.3 Å². The quantitative estimate of drug-likeness (QED) is 0.203. The molecular weight excluding hydrogens is 530 g/mol. The average molecular weight is 576 g/mol. The topological polar surface area (TPSA) is 111 Å². The van der Waals surface area contributed by atoms with Gasteiger partial charge in [0.2, 0.25) is 0 Å². The van der Waals surface area contributed by atoms with Crippen LogP contribution in [0.1, 0.15) is 69.7 Å². The molecule has 0 radical (unpaired) electrons. The summed E-state index contributed by atoms with van der Waals surface area (Å²) in [5.74, 6) is 0.313. The second-order valence-corrected chi connectivity index (χ2v) is 10.6. The van der Waals surface area contributed by atoms with Crippen LogP contribution in [0.25, 0.3) is 0 Å². The number of carbonyl (C=O) groups excluding carboxylic acids is 2. The molecule has 3 rings (SSSR count). The lowest BCUT2D eigenvalue weighted by Crippen LogP contribution is -2.51. The Morgan fingerprint density at radius 1 is 0.929 bits per heavy atom. The highest BCUT2D eigenvalue weighted by Gasteiger charge is 2.31. The Balaban J connectivity index is 1.90. The number of methoxy groups -OCH3 is 1. The minimum absolute atomic E-state index is 0.0904. The van der Waals surface area contributed by atoms with E-state index in [1.54, 1.807) is 30.2 Å². The highest BCUT2D eigenvalue weighted by Crippen LogP contribution is 2.20. The molecule has 0 aliphatic carbocycles. The second-order valence-electron chi connectivity index (χ2n) is 10.6. The normalized spacial score (nSPS) is 12.4. The number of hydrogen-bond acceptors (Lipinski definition) is 6. The summed E-state index contributed by atoms with van der Waals surface area (Å²) in [4.78, 5) is 28.6. The summed E-state index contributed by atoms with van der Waals surface area (Å²) in [5.41, 5.74) is 4.37. The number of nitrogens with zero attached hydrogens (tertiary/aromatic N) is 1. The van der Waals surface area contributed by atoms with Crippen LogP contribution in [0, 0.1) is 6.92 Å². The first-order valence-corrected chi connectivity index (χ1v) is 14.7. The van der Waals surface area contributed by atoms with Crippen LogP contribution in [-0.2, 0) is 19.6 Å². The standard InChI is InChI=1S/C34H45N3O5/c1-5-13-36-33(40)28-15-24(3)16-29(20-28)34(41)37(14-6-2)31(19-25-9-7-11-27(17-25)23-38)32(39)22-35-21-26-10-8-12-30(18-26)42-4/h7-12,15-18,20,31-32,35,38-39H,5-6,13-14,19,21-23H2,1-4H3,(H,36,40)/t31-,32+/m0/s1. The summed E-state index contributed by atoms with van der Waals surface area (Å²) in [5, 5.41) is 27.5. The summed E-state index contributed by atoms with van der Waals surface area (Å²) in [6, 6.07) is 19.9. The molecule has 4 N–H and O–H groups in total. The Morgan fingerprint density at radius 2 is 1.64 bits per heavy atom. The molecule has 3 aromatic carbocycles. The highest BCUT2D eigenvalue weighted by atomic mass is 16.5. The van der Waals surface area contributed by atoms with Crippen molar-refractivity contribution in [2.75, 3.05) is 26.7 Å². The van der Waals surface area contributed by atoms with Crippen molar-refractivity contribution >= 4 is 11.8 Å². The minimum Gasteiger partial charge on any atom is -0.497 e. The number of ether oxygens (including phenoxy) is 1. The van der Waals surface area contributed by atoms with Crippen LogP contribution in [0.4, 0.5) is 0 Å². The van der Waals surface area contributed by atoms with Crippen molar-refractivity contribution < 1.29 is 24.5 Å². The van der Waals surface area contributed by atoms with E-state index >= 15 is 0 Å². The maximum absolute atomic E-state index is 14.1. The molecule has 0 spiro atoms. The van der Waals surface area contributed by atoms with Gasteiger partial charge in [0.1, 0.15) is 5.75 Å². The molecule has 8 heteroatoms. The number of nitrogens with one attached hydrogen (secondary N) is 2. The smallest absolute Gasteiger partial charge is 0.254 e. The van der Waals surface area contributed by atoms with Crippen molar-refractivity contribution in [3.05, 3.63) is 100 Å². The molecule has 42 heavy (non-hydrogen) atoms. The lowest BCUT2D eigenvalue weighted by molar-refractivity contribution is 0.0353. The van der Waals surface area contributed by atoms with E-state index in [9.17, 15) is 19.8 Å². The predicted octanol–water partition coefficient (Wildman–Crippen LogP) is 4.25. The Bertz CT molecular complexity index is 1310. The maximum atomic E-state index is 14.1. The summed E-state index contributed by atoms with van der Waals surface area (Å²) < 4.78 is 5.32. The zero-order chi connectivity index (χ0) is 30.5. The number of benzene rings is 3. The Morgan fingerprint density at radius 3 is 2.36 bits per heavy atom. The van der Waals surface area contributed by atoms with Gasteiger partial charge in [-0.15, -0.1) is 0 Å². The fraction of sp³-hybridized carbons (Fsp3) is 0.412. The fourth-order valence-electron chi connectivity index (χ4n) is 5.04. The lowest BCUT2D eigenvalue weighted by Gasteiger charge is -2.35. The van der Waals surface area contributed by atoms with Gasteiger partial charge < -0.3 is 30.5 Å². The Labute approximate surface area is 249 Å². The number of aliphatic hydroxyl groups is 2. The van der Waals surface area contributed by atoms with E-state index in [1.165, 1.54) is 0 Å². The molecule has 0 saturated carbocycles. The van der Waals surface area contributed by atoms with Crippen LogP contribution in [0.2, 0.25) is 0 Å². The largest absolute Gasteiger partial charge is 0.497 e. The lowest BCUT2D eigenvalue weighted by atomic mass is 9.96. The molecule has 0 aliphatic rings. The Kier molecular flexibility index (Phi) is 13.0. The predicted molar refractivity (Wildman–Crippen MR) is 166 cm³/mol. The summed E-state index contributed by atoms with van der Waals surface area (Å²) in [6.45, 7) is 7.53. The van der Waals surface area contributed by atoms with E-state index in [0.717, 1.165) is 34.4 Å². The van der Waals surface area contributed by atoms with Crippen LogP contribution >= 0.6 is 0 Å². The van der Waals surface area contributed by atoms with Crippen molar-refractivity contribution in [2.45, 2.75) is 65.3 Å². The molecule has 0 aliphatic heterocycles. The van der Waals surface area contributed by atoms with Gasteiger partial charge in [0.05, 0.1) is 25.9 Å². The molecule has 226 valence electrons. The van der Waals surface area contributed by atoms with Crippen molar-refractivity contribution in [1.29, 1.82) is 0 Å². The maximum Gasteiger partial charge on any atom is 0.254 e. The van der Waals surface area contributed by atoms with Crippen molar-refractivity contribution in [2.24, 2.45) is 0 Å². The summed E-state index contributed by atoms with van der Waals surface area (Å²) in [7, 11) is 1.63. The molecule has 0 bridgehead atoms. The van der Waals surface area contributed by atoms with Crippen LogP contribution in [0.15, 0.2) is 66.7 Å². The third-order valence-electron chi connectivity index (χ3n) is 7.13. The van der Waals surface area contributed by atoms with Crippen LogP contribution in [-0.4, -0.2) is 65.8 Å². The summed E-state index contributed by atoms with van der Waals surface area (Å²) in [6.07, 6.45) is 1.02. The van der Waals surface area contributed by atoms with Gasteiger partial charge in [-0.1, -0.05) is 50.2 Å². The van der Waals surface area contributed by atoms with Gasteiger partial charge in [0.25, 0.3) is 11.8 Å². The van der Waals surface area contributed by atoms with Crippen LogP contribution < -0.4 is 15.4 Å². The monoisotopic (exact) mass is 575 g/mol. The van der Waals surface area contributed by atoms with E-state index < -0.39 is 12.1 Å². The van der Waals surface area contributed by atoms with Gasteiger partial charge >= 0.3 is 0 Å². The van der Waals surface area contributed by atoms with Crippen LogP contribution in [0.5, 0.6) is 5.75 Å². The van der Waals surface area contributed by atoms with Gasteiger partial charge in [-0.25, -0.2) is 0 Å². The molecule has 0 unspecified atom stereocenters. The molecule has 2 atom stereocenters. The van der Waals surface area contributed by atoms with Crippen molar-refractivity contribution in [3.63, 3.8) is 0 Å². The third-order valence-corrected chi connectivity index (χ3v) is 7.13. The van der Waals surface area contributed by atoms with Crippen LogP contribution in [0.3, 0.4) is 0 Å². The fourth-order valence-corrected chi connectivity index (χ4v) is 5.04. The third kappa shape index (κ3) is 9.41. The molecular formula is C34H45N3O5. The molecule has 0 aromatic heterocycles. The molecule has 3 aromatic rings. The number of aliphatic hydroxyl groups excluding tert-OH is 2. The SMILES string of the molecule is CCCNC(=O)c1cc(C)cc(C(=O)N(CCC)[C@@H](Cc2cccc(CO)c2)[C@H](O)CNCc2cccc(OC)c2)c1. The zero-order valence-electron chi connectivity index (χ0n) is 25.2. The first kappa shape index (κ1) is 32.8. The second kappa shape index (κ2) is 16.7. The number of hydrogen-bond donors (Lipinski definition) is 4. The average Bonchev–Trinajstić information content (AvgIpc) is 3.01. The van der Waals surface area contributed by atoms with Crippen molar-refractivity contribution in [1.82, 2.24) is 15.5 Å². The highest BCUT2D eigenvalue weighted by molar-refractivity contribution is 6.00. The number of carbonyl (C=O) groups is 2. The first-order valence-electron chi connectivity index (χ1n) is 14.7. The van der Waals surface area contributed by atoms with Crippen molar-refractivity contribution in [3.8, 4) is 5.75 Å².